The fourth-order valence-corrected chi connectivity index (χ4v) is 4.89. The second kappa shape index (κ2) is 12.9. The van der Waals surface area contributed by atoms with Crippen molar-refractivity contribution in [3.8, 4) is 0 Å². The lowest BCUT2D eigenvalue weighted by atomic mass is 9.91. The minimum atomic E-state index is -0.477. The molecule has 200 valence electrons. The van der Waals surface area contributed by atoms with Crippen molar-refractivity contribution in [2.24, 2.45) is 11.7 Å². The van der Waals surface area contributed by atoms with E-state index in [2.05, 4.69) is 0 Å². The van der Waals surface area contributed by atoms with Gasteiger partial charge >= 0.3 is 0 Å². The maximum Gasteiger partial charge on any atom is 0.254 e. The molecular weight excluding hydrogens is 500 g/mol. The molecule has 0 aliphatic rings. The summed E-state index contributed by atoms with van der Waals surface area (Å²) < 4.78 is 6.51. The number of benzene rings is 3. The van der Waals surface area contributed by atoms with Crippen LogP contribution in [-0.2, 0) is 6.42 Å². The van der Waals surface area contributed by atoms with Gasteiger partial charge in [-0.2, -0.15) is 0 Å². The summed E-state index contributed by atoms with van der Waals surface area (Å²) in [5.74, 6) is 0.337. The van der Waals surface area contributed by atoms with Crippen LogP contribution in [-0.4, -0.2) is 29.4 Å². The average Bonchev–Trinajstić information content (AvgIpc) is 2.88. The van der Waals surface area contributed by atoms with Crippen molar-refractivity contribution >= 4 is 28.5 Å². The molecule has 7 heteroatoms. The Morgan fingerprint density at radius 2 is 1.71 bits per heavy atom. The smallest absolute Gasteiger partial charge is 0.254 e. The van der Waals surface area contributed by atoms with E-state index in [0.717, 1.165) is 11.1 Å². The highest BCUT2D eigenvalue weighted by Crippen LogP contribution is 2.35. The van der Waals surface area contributed by atoms with Crippen molar-refractivity contribution in [2.75, 3.05) is 13.1 Å². The van der Waals surface area contributed by atoms with Crippen molar-refractivity contribution in [1.82, 2.24) is 4.90 Å². The summed E-state index contributed by atoms with van der Waals surface area (Å²) >= 11 is 6.27. The van der Waals surface area contributed by atoms with E-state index in [1.54, 1.807) is 18.2 Å². The summed E-state index contributed by atoms with van der Waals surface area (Å²) in [7, 11) is 0. The number of carbonyl (C=O) groups excluding carboxylic acids is 1. The van der Waals surface area contributed by atoms with Crippen LogP contribution in [0.5, 0.6) is 0 Å². The molecule has 0 aliphatic heterocycles. The third kappa shape index (κ3) is 6.33. The summed E-state index contributed by atoms with van der Waals surface area (Å²) in [5.41, 5.74) is 9.38. The van der Waals surface area contributed by atoms with Gasteiger partial charge in [0.25, 0.3) is 5.91 Å². The number of fused-ring (bicyclic) bond motifs is 1. The lowest BCUT2D eigenvalue weighted by molar-refractivity contribution is 0.0587. The Balaban J connectivity index is 0.00000400. The van der Waals surface area contributed by atoms with E-state index in [1.807, 2.05) is 80.3 Å². The highest BCUT2D eigenvalue weighted by molar-refractivity contribution is 6.31. The van der Waals surface area contributed by atoms with Crippen molar-refractivity contribution < 1.29 is 14.7 Å². The molecule has 1 atom stereocenters. The minimum absolute atomic E-state index is 0. The third-order valence-corrected chi connectivity index (χ3v) is 6.84. The van der Waals surface area contributed by atoms with E-state index in [4.69, 9.17) is 21.8 Å². The van der Waals surface area contributed by atoms with E-state index < -0.39 is 6.04 Å². The zero-order chi connectivity index (χ0) is 26.5. The second-order valence-electron chi connectivity index (χ2n) is 9.77. The number of halogens is 1. The predicted molar refractivity (Wildman–Crippen MR) is 154 cm³/mol. The van der Waals surface area contributed by atoms with Crippen molar-refractivity contribution in [3.63, 3.8) is 0 Å². The quantitative estimate of drug-likeness (QED) is 0.296. The van der Waals surface area contributed by atoms with Crippen LogP contribution in [0.1, 0.15) is 59.1 Å². The first-order chi connectivity index (χ1) is 17.8. The van der Waals surface area contributed by atoms with Crippen LogP contribution < -0.4 is 11.2 Å². The molecule has 3 aromatic carbocycles. The molecule has 1 amide bonds. The number of hydrogen-bond donors (Lipinski definition) is 1. The highest BCUT2D eigenvalue weighted by atomic mass is 35.5. The van der Waals surface area contributed by atoms with Gasteiger partial charge in [-0.05, 0) is 55.6 Å². The molecule has 0 bridgehead atoms. The zero-order valence-electron chi connectivity index (χ0n) is 22.0. The average molecular weight is 535 g/mol. The largest absolute Gasteiger partial charge is 0.458 e. The van der Waals surface area contributed by atoms with Crippen LogP contribution in [0.2, 0.25) is 5.02 Å². The fraction of sp³-hybridized carbons (Fsp3) is 0.290. The Hall–Kier alpha value is -3.45. The number of hydrogen-bond acceptors (Lipinski definition) is 4. The normalized spacial score (nSPS) is 11.8. The molecule has 4 N–H and O–H groups in total. The molecule has 0 unspecified atom stereocenters. The Kier molecular flexibility index (Phi) is 9.86. The molecule has 0 fully saturated rings. The molecule has 0 saturated carbocycles. The van der Waals surface area contributed by atoms with Gasteiger partial charge in [-0.25, -0.2) is 0 Å². The number of rotatable bonds is 9. The van der Waals surface area contributed by atoms with Crippen LogP contribution in [0, 0.1) is 12.8 Å². The summed E-state index contributed by atoms with van der Waals surface area (Å²) in [6.07, 6.45) is 1.02. The van der Waals surface area contributed by atoms with Crippen molar-refractivity contribution in [2.45, 2.75) is 39.7 Å². The summed E-state index contributed by atoms with van der Waals surface area (Å²) in [5, 5.41) is 0.953. The molecule has 6 nitrogen and oxygen atoms in total. The Morgan fingerprint density at radius 1 is 1.03 bits per heavy atom. The van der Waals surface area contributed by atoms with Gasteiger partial charge < -0.3 is 20.5 Å². The van der Waals surface area contributed by atoms with Crippen LogP contribution >= 0.6 is 11.6 Å². The van der Waals surface area contributed by atoms with Crippen molar-refractivity contribution in [1.29, 1.82) is 0 Å². The first-order valence-electron chi connectivity index (χ1n) is 12.7. The summed E-state index contributed by atoms with van der Waals surface area (Å²) in [6.45, 7) is 6.95. The third-order valence-electron chi connectivity index (χ3n) is 6.60. The Bertz CT molecular complexity index is 1430. The number of aryl methyl sites for hydroxylation is 1. The van der Waals surface area contributed by atoms with Gasteiger partial charge in [0, 0.05) is 35.2 Å². The van der Waals surface area contributed by atoms with E-state index >= 15 is 0 Å². The van der Waals surface area contributed by atoms with Crippen LogP contribution in [0.4, 0.5) is 0 Å². The van der Waals surface area contributed by atoms with Crippen molar-refractivity contribution in [3.05, 3.63) is 116 Å². The van der Waals surface area contributed by atoms with Gasteiger partial charge in [-0.3, -0.25) is 9.59 Å². The minimum Gasteiger partial charge on any atom is -0.458 e. The van der Waals surface area contributed by atoms with Gasteiger partial charge in [0.05, 0.1) is 11.4 Å². The van der Waals surface area contributed by atoms with E-state index in [1.165, 1.54) is 0 Å². The number of carbonyl (C=O) groups is 1. The lowest BCUT2D eigenvalue weighted by Crippen LogP contribution is -2.40. The van der Waals surface area contributed by atoms with E-state index in [-0.39, 0.29) is 22.7 Å². The molecule has 38 heavy (non-hydrogen) atoms. The SMILES string of the molecule is Cc1ccc(C(=O)N(CCCN)[C@@H](c2oc3cc(Cl)ccc3c(=O)c2Cc2ccccc2)C(C)C)cc1.O. The maximum atomic E-state index is 13.9. The first-order valence-corrected chi connectivity index (χ1v) is 13.0. The molecule has 4 rings (SSSR count). The molecule has 0 saturated heterocycles. The van der Waals surface area contributed by atoms with Gasteiger partial charge in [-0.15, -0.1) is 0 Å². The highest BCUT2D eigenvalue weighted by Gasteiger charge is 2.33. The van der Waals surface area contributed by atoms with Gasteiger partial charge in [-0.1, -0.05) is 73.5 Å². The summed E-state index contributed by atoms with van der Waals surface area (Å²) in [6, 6.07) is 21.9. The molecule has 4 aromatic rings. The topological polar surface area (TPSA) is 108 Å². The van der Waals surface area contributed by atoms with Gasteiger partial charge in [0.2, 0.25) is 0 Å². The number of nitrogens with zero attached hydrogens (tertiary/aromatic N) is 1. The number of amides is 1. The molecule has 0 aliphatic carbocycles. The van der Waals surface area contributed by atoms with Gasteiger partial charge in [0.15, 0.2) is 5.43 Å². The molecule has 0 spiro atoms. The molecular formula is C31H35ClN2O4. The van der Waals surface area contributed by atoms with Crippen LogP contribution in [0.25, 0.3) is 11.0 Å². The number of nitrogens with two attached hydrogens (primary N) is 1. The standard InChI is InChI=1S/C31H33ClN2O3.H2O/c1-20(2)28(34(17-7-16-33)31(36)23-12-10-21(3)11-13-23)30-26(18-22-8-5-4-6-9-22)29(35)25-15-14-24(32)19-27(25)37-30;/h4-6,8-15,19-20,28H,7,16-18,33H2,1-3H3;1H2/t28-;/m1./s1. The lowest BCUT2D eigenvalue weighted by Gasteiger charge is -2.35. The monoisotopic (exact) mass is 534 g/mol. The predicted octanol–water partition coefficient (Wildman–Crippen LogP) is 5.71. The summed E-state index contributed by atoms with van der Waals surface area (Å²) in [4.78, 5) is 29.6. The maximum absolute atomic E-state index is 13.9. The fourth-order valence-electron chi connectivity index (χ4n) is 4.72. The van der Waals surface area contributed by atoms with E-state index in [9.17, 15) is 9.59 Å². The molecule has 1 heterocycles. The Morgan fingerprint density at radius 3 is 2.34 bits per heavy atom. The van der Waals surface area contributed by atoms with E-state index in [0.29, 0.717) is 58.8 Å². The van der Waals surface area contributed by atoms with Gasteiger partial charge in [0.1, 0.15) is 11.3 Å². The molecule has 0 radical (unpaired) electrons. The second-order valence-corrected chi connectivity index (χ2v) is 10.2. The zero-order valence-corrected chi connectivity index (χ0v) is 22.8. The van der Waals surface area contributed by atoms with Crippen LogP contribution in [0.3, 0.4) is 0 Å². The van der Waals surface area contributed by atoms with Crippen LogP contribution in [0.15, 0.2) is 82.0 Å². The Labute approximate surface area is 228 Å². The first kappa shape index (κ1) is 29.1. The molecule has 1 aromatic heterocycles.